The zero-order chi connectivity index (χ0) is 15.4. The Bertz CT molecular complexity index is 634. The van der Waals surface area contributed by atoms with Crippen LogP contribution in [-0.2, 0) is 6.42 Å². The Morgan fingerprint density at radius 2 is 1.90 bits per heavy atom. The minimum atomic E-state index is -0.833. The SMILES string of the molecule is CNC(Cc1ccc(OC)c(Br)c1)c1ccc(F)c(F)c1. The lowest BCUT2D eigenvalue weighted by atomic mass is 9.99. The van der Waals surface area contributed by atoms with Gasteiger partial charge in [0.1, 0.15) is 5.75 Å². The van der Waals surface area contributed by atoms with Crippen molar-refractivity contribution in [1.29, 1.82) is 0 Å². The van der Waals surface area contributed by atoms with Crippen LogP contribution in [0, 0.1) is 11.6 Å². The van der Waals surface area contributed by atoms with Crippen LogP contribution in [0.1, 0.15) is 17.2 Å². The number of halogens is 3. The van der Waals surface area contributed by atoms with Gasteiger partial charge in [-0.3, -0.25) is 0 Å². The molecule has 1 N–H and O–H groups in total. The first-order chi connectivity index (χ1) is 10.0. The molecule has 2 rings (SSSR count). The molecular weight excluding hydrogens is 340 g/mol. The van der Waals surface area contributed by atoms with Crippen molar-refractivity contribution in [1.82, 2.24) is 5.32 Å². The lowest BCUT2D eigenvalue weighted by Gasteiger charge is -2.17. The molecule has 2 aromatic rings. The van der Waals surface area contributed by atoms with Gasteiger partial charge >= 0.3 is 0 Å². The van der Waals surface area contributed by atoms with E-state index in [0.29, 0.717) is 12.0 Å². The Morgan fingerprint density at radius 3 is 2.48 bits per heavy atom. The second kappa shape index (κ2) is 7.00. The van der Waals surface area contributed by atoms with E-state index in [1.165, 1.54) is 6.07 Å². The quantitative estimate of drug-likeness (QED) is 0.865. The van der Waals surface area contributed by atoms with Crippen LogP contribution in [0.4, 0.5) is 8.78 Å². The van der Waals surface area contributed by atoms with Gasteiger partial charge in [0.25, 0.3) is 0 Å². The number of nitrogens with one attached hydrogen (secondary N) is 1. The Morgan fingerprint density at radius 1 is 1.14 bits per heavy atom. The Hall–Kier alpha value is -1.46. The molecule has 0 amide bonds. The van der Waals surface area contributed by atoms with Gasteiger partial charge in [0.15, 0.2) is 11.6 Å². The van der Waals surface area contributed by atoms with E-state index < -0.39 is 11.6 Å². The van der Waals surface area contributed by atoms with Gasteiger partial charge in [-0.25, -0.2) is 8.78 Å². The third-order valence-electron chi connectivity index (χ3n) is 3.35. The first kappa shape index (κ1) is 15.9. The van der Waals surface area contributed by atoms with Gasteiger partial charge in [-0.05, 0) is 64.8 Å². The zero-order valence-corrected chi connectivity index (χ0v) is 13.4. The first-order valence-corrected chi connectivity index (χ1v) is 7.29. The fourth-order valence-electron chi connectivity index (χ4n) is 2.19. The summed E-state index contributed by atoms with van der Waals surface area (Å²) < 4.78 is 32.4. The molecule has 0 aliphatic carbocycles. The van der Waals surface area contributed by atoms with E-state index in [4.69, 9.17) is 4.74 Å². The summed E-state index contributed by atoms with van der Waals surface area (Å²) in [6, 6.07) is 9.67. The van der Waals surface area contributed by atoms with Gasteiger partial charge in [0.2, 0.25) is 0 Å². The molecule has 112 valence electrons. The van der Waals surface area contributed by atoms with Crippen molar-refractivity contribution in [2.45, 2.75) is 12.5 Å². The largest absolute Gasteiger partial charge is 0.496 e. The molecule has 0 aromatic heterocycles. The lowest BCUT2D eigenvalue weighted by molar-refractivity contribution is 0.412. The fourth-order valence-corrected chi connectivity index (χ4v) is 2.78. The molecule has 0 saturated carbocycles. The summed E-state index contributed by atoms with van der Waals surface area (Å²) in [7, 11) is 3.40. The van der Waals surface area contributed by atoms with Crippen molar-refractivity contribution in [3.8, 4) is 5.75 Å². The minimum Gasteiger partial charge on any atom is -0.496 e. The highest BCUT2D eigenvalue weighted by Crippen LogP contribution is 2.28. The smallest absolute Gasteiger partial charge is 0.159 e. The van der Waals surface area contributed by atoms with Crippen LogP contribution in [0.15, 0.2) is 40.9 Å². The number of likely N-dealkylation sites (N-methyl/N-ethyl adjacent to an activating group) is 1. The average molecular weight is 356 g/mol. The molecule has 0 heterocycles. The van der Waals surface area contributed by atoms with E-state index in [1.54, 1.807) is 20.2 Å². The summed E-state index contributed by atoms with van der Waals surface area (Å²) in [6.45, 7) is 0. The highest BCUT2D eigenvalue weighted by molar-refractivity contribution is 9.10. The summed E-state index contributed by atoms with van der Waals surface area (Å²) in [6.07, 6.45) is 0.657. The normalized spacial score (nSPS) is 12.2. The minimum absolute atomic E-state index is 0.0969. The highest BCUT2D eigenvalue weighted by atomic mass is 79.9. The van der Waals surface area contributed by atoms with E-state index in [2.05, 4.69) is 21.2 Å². The summed E-state index contributed by atoms with van der Waals surface area (Å²) in [5.41, 5.74) is 1.77. The molecule has 1 unspecified atom stereocenters. The third kappa shape index (κ3) is 3.80. The van der Waals surface area contributed by atoms with Crippen LogP contribution in [0.5, 0.6) is 5.75 Å². The number of ether oxygens (including phenoxy) is 1. The van der Waals surface area contributed by atoms with Crippen LogP contribution in [0.25, 0.3) is 0 Å². The maximum absolute atomic E-state index is 13.4. The van der Waals surface area contributed by atoms with Crippen molar-refractivity contribution >= 4 is 15.9 Å². The van der Waals surface area contributed by atoms with Gasteiger partial charge in [0, 0.05) is 6.04 Å². The summed E-state index contributed by atoms with van der Waals surface area (Å²) in [5, 5.41) is 3.13. The maximum Gasteiger partial charge on any atom is 0.159 e. The van der Waals surface area contributed by atoms with Crippen molar-refractivity contribution in [3.63, 3.8) is 0 Å². The summed E-state index contributed by atoms with van der Waals surface area (Å²) in [5.74, 6) is -0.906. The number of hydrogen-bond donors (Lipinski definition) is 1. The fraction of sp³-hybridized carbons (Fsp3) is 0.250. The van der Waals surface area contributed by atoms with Crippen LogP contribution < -0.4 is 10.1 Å². The van der Waals surface area contributed by atoms with Crippen molar-refractivity contribution < 1.29 is 13.5 Å². The van der Waals surface area contributed by atoms with E-state index in [9.17, 15) is 8.78 Å². The van der Waals surface area contributed by atoms with Crippen molar-refractivity contribution in [2.75, 3.05) is 14.2 Å². The number of methoxy groups -OCH3 is 1. The van der Waals surface area contributed by atoms with Gasteiger partial charge in [-0.1, -0.05) is 12.1 Å². The predicted molar refractivity (Wildman–Crippen MR) is 82.6 cm³/mol. The standard InChI is InChI=1S/C16H16BrF2NO/c1-20-15(11-4-5-13(18)14(19)9-11)8-10-3-6-16(21-2)12(17)7-10/h3-7,9,15,20H,8H2,1-2H3. The van der Waals surface area contributed by atoms with Crippen LogP contribution in [-0.4, -0.2) is 14.2 Å². The highest BCUT2D eigenvalue weighted by Gasteiger charge is 2.13. The van der Waals surface area contributed by atoms with Crippen molar-refractivity contribution in [3.05, 3.63) is 63.6 Å². The van der Waals surface area contributed by atoms with Crippen LogP contribution in [0.2, 0.25) is 0 Å². The number of benzene rings is 2. The molecule has 0 radical (unpaired) electrons. The second-order valence-electron chi connectivity index (χ2n) is 4.69. The van der Waals surface area contributed by atoms with Crippen LogP contribution >= 0.6 is 15.9 Å². The Kier molecular flexibility index (Phi) is 5.31. The molecule has 0 saturated heterocycles. The molecule has 21 heavy (non-hydrogen) atoms. The molecule has 2 aromatic carbocycles. The Balaban J connectivity index is 2.22. The molecule has 0 aliphatic heterocycles. The topological polar surface area (TPSA) is 21.3 Å². The molecule has 0 aliphatic rings. The Labute approximate surface area is 131 Å². The predicted octanol–water partition coefficient (Wildman–Crippen LogP) is 4.24. The van der Waals surface area contributed by atoms with Gasteiger partial charge in [-0.2, -0.15) is 0 Å². The van der Waals surface area contributed by atoms with E-state index in [1.807, 2.05) is 18.2 Å². The average Bonchev–Trinajstić information content (AvgIpc) is 2.48. The molecule has 5 heteroatoms. The molecule has 0 fully saturated rings. The van der Waals surface area contributed by atoms with E-state index in [0.717, 1.165) is 21.9 Å². The molecular formula is C16H16BrF2NO. The van der Waals surface area contributed by atoms with Crippen molar-refractivity contribution in [2.24, 2.45) is 0 Å². The monoisotopic (exact) mass is 355 g/mol. The molecule has 2 nitrogen and oxygen atoms in total. The summed E-state index contributed by atoms with van der Waals surface area (Å²) >= 11 is 3.44. The van der Waals surface area contributed by atoms with Crippen LogP contribution in [0.3, 0.4) is 0 Å². The van der Waals surface area contributed by atoms with Gasteiger partial charge in [0.05, 0.1) is 11.6 Å². The van der Waals surface area contributed by atoms with E-state index >= 15 is 0 Å². The number of rotatable bonds is 5. The third-order valence-corrected chi connectivity index (χ3v) is 3.97. The van der Waals surface area contributed by atoms with E-state index in [-0.39, 0.29) is 6.04 Å². The molecule has 0 spiro atoms. The van der Waals surface area contributed by atoms with Gasteiger partial charge < -0.3 is 10.1 Å². The number of hydrogen-bond acceptors (Lipinski definition) is 2. The maximum atomic E-state index is 13.4. The molecule has 1 atom stereocenters. The van der Waals surface area contributed by atoms with Gasteiger partial charge in [-0.15, -0.1) is 0 Å². The zero-order valence-electron chi connectivity index (χ0n) is 11.8. The first-order valence-electron chi connectivity index (χ1n) is 6.49. The second-order valence-corrected chi connectivity index (χ2v) is 5.54. The summed E-state index contributed by atoms with van der Waals surface area (Å²) in [4.78, 5) is 0. The molecule has 0 bridgehead atoms. The lowest BCUT2D eigenvalue weighted by Crippen LogP contribution is -2.19.